The van der Waals surface area contributed by atoms with Crippen molar-refractivity contribution in [1.29, 1.82) is 0 Å². The van der Waals surface area contributed by atoms with E-state index in [1.807, 2.05) is 17.9 Å². The van der Waals surface area contributed by atoms with Gasteiger partial charge in [-0.15, -0.1) is 0 Å². The minimum Gasteiger partial charge on any atom is -0.327 e. The molecule has 2 atom stereocenters. The molecule has 0 spiro atoms. The molecule has 2 rings (SSSR count). The van der Waals surface area contributed by atoms with Crippen LogP contribution in [0.3, 0.4) is 0 Å². The summed E-state index contributed by atoms with van der Waals surface area (Å²) in [5.74, 6) is 0.607. The van der Waals surface area contributed by atoms with Gasteiger partial charge in [0.2, 0.25) is 0 Å². The van der Waals surface area contributed by atoms with Gasteiger partial charge in [-0.2, -0.15) is 5.10 Å². The van der Waals surface area contributed by atoms with Crippen LogP contribution in [0.25, 0.3) is 0 Å². The van der Waals surface area contributed by atoms with Crippen molar-refractivity contribution in [2.24, 2.45) is 18.7 Å². The number of hydrogen-bond acceptors (Lipinski definition) is 3. The third-order valence-corrected chi connectivity index (χ3v) is 3.22. The van der Waals surface area contributed by atoms with E-state index in [1.165, 1.54) is 5.56 Å². The number of hydrogen-bond donors (Lipinski definition) is 1. The zero-order valence-electron chi connectivity index (χ0n) is 9.56. The van der Waals surface area contributed by atoms with Crippen molar-refractivity contribution in [3.8, 4) is 0 Å². The molecule has 0 radical (unpaired) electrons. The Hall–Kier alpha value is -0.870. The van der Waals surface area contributed by atoms with E-state index in [1.54, 1.807) is 0 Å². The highest BCUT2D eigenvalue weighted by Gasteiger charge is 2.22. The van der Waals surface area contributed by atoms with Gasteiger partial charge in [-0.1, -0.05) is 6.92 Å². The summed E-state index contributed by atoms with van der Waals surface area (Å²) in [7, 11) is 1.96. The van der Waals surface area contributed by atoms with Gasteiger partial charge >= 0.3 is 0 Å². The molecule has 0 saturated carbocycles. The molecule has 0 bridgehead atoms. The molecule has 1 aliphatic heterocycles. The summed E-state index contributed by atoms with van der Waals surface area (Å²) in [4.78, 5) is 2.46. The number of nitrogens with two attached hydrogens (primary N) is 1. The van der Waals surface area contributed by atoms with E-state index in [0.29, 0.717) is 12.0 Å². The van der Waals surface area contributed by atoms with Crippen molar-refractivity contribution in [3.63, 3.8) is 0 Å². The first kappa shape index (κ1) is 10.6. The third-order valence-electron chi connectivity index (χ3n) is 3.22. The van der Waals surface area contributed by atoms with Gasteiger partial charge in [0.25, 0.3) is 0 Å². The van der Waals surface area contributed by atoms with Crippen LogP contribution in [0.15, 0.2) is 12.4 Å². The van der Waals surface area contributed by atoms with Crippen molar-refractivity contribution in [1.82, 2.24) is 14.7 Å². The molecule has 2 N–H and O–H groups in total. The zero-order chi connectivity index (χ0) is 10.8. The highest BCUT2D eigenvalue weighted by atomic mass is 15.2. The molecule has 0 aliphatic carbocycles. The predicted octanol–water partition coefficient (Wildman–Crippen LogP) is 0.589. The first-order chi connectivity index (χ1) is 7.15. The fourth-order valence-corrected chi connectivity index (χ4v) is 2.21. The van der Waals surface area contributed by atoms with Crippen molar-refractivity contribution in [2.75, 3.05) is 13.1 Å². The molecule has 15 heavy (non-hydrogen) atoms. The normalized spacial score (nSPS) is 28.2. The van der Waals surface area contributed by atoms with Crippen LogP contribution < -0.4 is 5.73 Å². The van der Waals surface area contributed by atoms with Crippen LogP contribution in [-0.4, -0.2) is 33.8 Å². The van der Waals surface area contributed by atoms with Crippen LogP contribution in [0.2, 0.25) is 0 Å². The summed E-state index contributed by atoms with van der Waals surface area (Å²) in [5.41, 5.74) is 7.29. The molecule has 1 fully saturated rings. The standard InChI is InChI=1S/C11H20N4/c1-9-6-15(4-3-11(9)12)8-10-5-13-14(2)7-10/h5,7,9,11H,3-4,6,8,12H2,1-2H3. The van der Waals surface area contributed by atoms with Crippen molar-refractivity contribution < 1.29 is 0 Å². The van der Waals surface area contributed by atoms with Crippen LogP contribution in [0, 0.1) is 5.92 Å². The smallest absolute Gasteiger partial charge is 0.0534 e. The maximum absolute atomic E-state index is 5.99. The second-order valence-electron chi connectivity index (χ2n) is 4.69. The number of aryl methyl sites for hydroxylation is 1. The zero-order valence-corrected chi connectivity index (χ0v) is 9.56. The Labute approximate surface area is 91.1 Å². The molecular weight excluding hydrogens is 188 g/mol. The monoisotopic (exact) mass is 208 g/mol. The van der Waals surface area contributed by atoms with Gasteiger partial charge in [-0.05, 0) is 18.9 Å². The second kappa shape index (κ2) is 4.33. The van der Waals surface area contributed by atoms with Crippen LogP contribution in [0.5, 0.6) is 0 Å². The Kier molecular flexibility index (Phi) is 3.07. The van der Waals surface area contributed by atoms with Gasteiger partial charge in [0, 0.05) is 37.9 Å². The molecule has 0 amide bonds. The van der Waals surface area contributed by atoms with Gasteiger partial charge in [0.15, 0.2) is 0 Å². The molecule has 1 saturated heterocycles. The lowest BCUT2D eigenvalue weighted by atomic mass is 9.95. The largest absolute Gasteiger partial charge is 0.327 e. The molecule has 0 aromatic carbocycles. The Morgan fingerprint density at radius 2 is 2.40 bits per heavy atom. The van der Waals surface area contributed by atoms with E-state index >= 15 is 0 Å². The molecule has 2 unspecified atom stereocenters. The lowest BCUT2D eigenvalue weighted by molar-refractivity contribution is 0.158. The quantitative estimate of drug-likeness (QED) is 0.774. The van der Waals surface area contributed by atoms with Crippen LogP contribution in [0.1, 0.15) is 18.9 Å². The topological polar surface area (TPSA) is 47.1 Å². The van der Waals surface area contributed by atoms with Crippen molar-refractivity contribution in [2.45, 2.75) is 25.9 Å². The Balaban J connectivity index is 1.90. The van der Waals surface area contributed by atoms with E-state index in [0.717, 1.165) is 26.1 Å². The SMILES string of the molecule is CC1CN(Cc2cnn(C)c2)CCC1N. The van der Waals surface area contributed by atoms with E-state index in [9.17, 15) is 0 Å². The Morgan fingerprint density at radius 3 is 3.00 bits per heavy atom. The summed E-state index contributed by atoms with van der Waals surface area (Å²) in [6.07, 6.45) is 5.14. The summed E-state index contributed by atoms with van der Waals surface area (Å²) in [6.45, 7) is 5.46. The molecule has 4 heteroatoms. The minimum atomic E-state index is 0.384. The first-order valence-corrected chi connectivity index (χ1v) is 5.60. The number of aromatic nitrogens is 2. The molecule has 2 heterocycles. The van der Waals surface area contributed by atoms with E-state index in [2.05, 4.69) is 23.1 Å². The fourth-order valence-electron chi connectivity index (χ4n) is 2.21. The molecular formula is C11H20N4. The number of piperidine rings is 1. The van der Waals surface area contributed by atoms with Crippen molar-refractivity contribution in [3.05, 3.63) is 18.0 Å². The average molecular weight is 208 g/mol. The predicted molar refractivity (Wildman–Crippen MR) is 60.2 cm³/mol. The third kappa shape index (κ3) is 2.58. The second-order valence-corrected chi connectivity index (χ2v) is 4.69. The molecule has 84 valence electrons. The summed E-state index contributed by atoms with van der Waals surface area (Å²) >= 11 is 0. The van der Waals surface area contributed by atoms with E-state index in [-0.39, 0.29) is 0 Å². The molecule has 1 aromatic heterocycles. The number of likely N-dealkylation sites (tertiary alicyclic amines) is 1. The van der Waals surface area contributed by atoms with E-state index < -0.39 is 0 Å². The fraction of sp³-hybridized carbons (Fsp3) is 0.727. The maximum Gasteiger partial charge on any atom is 0.0534 e. The van der Waals surface area contributed by atoms with Gasteiger partial charge in [-0.3, -0.25) is 9.58 Å². The van der Waals surface area contributed by atoms with Crippen LogP contribution in [-0.2, 0) is 13.6 Å². The first-order valence-electron chi connectivity index (χ1n) is 5.60. The maximum atomic E-state index is 5.99. The number of nitrogens with zero attached hydrogens (tertiary/aromatic N) is 3. The van der Waals surface area contributed by atoms with E-state index in [4.69, 9.17) is 5.73 Å². The summed E-state index contributed by atoms with van der Waals surface area (Å²) in [5, 5.41) is 4.18. The van der Waals surface area contributed by atoms with Crippen LogP contribution in [0.4, 0.5) is 0 Å². The number of rotatable bonds is 2. The highest BCUT2D eigenvalue weighted by molar-refractivity contribution is 5.03. The van der Waals surface area contributed by atoms with Gasteiger partial charge in [0.1, 0.15) is 0 Å². The van der Waals surface area contributed by atoms with Crippen LogP contribution >= 0.6 is 0 Å². The lowest BCUT2D eigenvalue weighted by Gasteiger charge is -2.34. The van der Waals surface area contributed by atoms with Crippen molar-refractivity contribution >= 4 is 0 Å². The van der Waals surface area contributed by atoms with Gasteiger partial charge < -0.3 is 5.73 Å². The summed E-state index contributed by atoms with van der Waals surface area (Å²) in [6, 6.07) is 0.384. The van der Waals surface area contributed by atoms with Gasteiger partial charge in [-0.25, -0.2) is 0 Å². The average Bonchev–Trinajstić information content (AvgIpc) is 2.58. The summed E-state index contributed by atoms with van der Waals surface area (Å²) < 4.78 is 1.86. The molecule has 1 aliphatic rings. The highest BCUT2D eigenvalue weighted by Crippen LogP contribution is 2.16. The Bertz CT molecular complexity index is 320. The van der Waals surface area contributed by atoms with Gasteiger partial charge in [0.05, 0.1) is 6.20 Å². The minimum absolute atomic E-state index is 0.384. The Morgan fingerprint density at radius 1 is 1.60 bits per heavy atom. The lowest BCUT2D eigenvalue weighted by Crippen LogP contribution is -2.45. The molecule has 4 nitrogen and oxygen atoms in total. The molecule has 1 aromatic rings.